The van der Waals surface area contributed by atoms with Crippen molar-refractivity contribution in [2.45, 2.75) is 26.3 Å². The first-order valence-corrected chi connectivity index (χ1v) is 6.72. The molecule has 3 N–H and O–H groups in total. The highest BCUT2D eigenvalue weighted by molar-refractivity contribution is 5.91. The normalized spacial score (nSPS) is 10.3. The predicted octanol–water partition coefficient (Wildman–Crippen LogP) is 1.55. The van der Waals surface area contributed by atoms with E-state index in [2.05, 4.69) is 10.3 Å². The number of aromatic nitrogens is 2. The van der Waals surface area contributed by atoms with Gasteiger partial charge >= 0.3 is 0 Å². The molecule has 0 saturated heterocycles. The fraction of sp³-hybridized carbons (Fsp3) is 0.267. The number of rotatable bonds is 5. The van der Waals surface area contributed by atoms with Crippen molar-refractivity contribution in [1.82, 2.24) is 9.55 Å². The standard InChI is InChI=1S/C15H18N4O2/c1-11-9-12(16)4-5-13(11)18-14(20)3-2-8-19-10-17-7-6-15(19)21/h4-7,9-10H,2-3,8,16H2,1H3,(H,18,20). The van der Waals surface area contributed by atoms with Crippen LogP contribution in [0.5, 0.6) is 0 Å². The molecular formula is C15H18N4O2. The first-order chi connectivity index (χ1) is 10.1. The van der Waals surface area contributed by atoms with E-state index in [0.29, 0.717) is 25.1 Å². The Morgan fingerprint density at radius 3 is 2.90 bits per heavy atom. The van der Waals surface area contributed by atoms with Crippen LogP contribution >= 0.6 is 0 Å². The van der Waals surface area contributed by atoms with Gasteiger partial charge in [-0.05, 0) is 37.1 Å². The van der Waals surface area contributed by atoms with Crippen LogP contribution in [0.15, 0.2) is 41.6 Å². The van der Waals surface area contributed by atoms with E-state index in [1.165, 1.54) is 23.2 Å². The number of hydrogen-bond donors (Lipinski definition) is 2. The molecule has 0 fully saturated rings. The van der Waals surface area contributed by atoms with Crippen molar-refractivity contribution in [3.8, 4) is 0 Å². The van der Waals surface area contributed by atoms with Crippen molar-refractivity contribution < 1.29 is 4.79 Å². The Kier molecular flexibility index (Phi) is 4.71. The molecule has 0 aliphatic carbocycles. The predicted molar refractivity (Wildman–Crippen MR) is 82.0 cm³/mol. The number of benzene rings is 1. The summed E-state index contributed by atoms with van der Waals surface area (Å²) in [6, 6.07) is 6.74. The van der Waals surface area contributed by atoms with E-state index in [0.717, 1.165) is 11.3 Å². The maximum Gasteiger partial charge on any atom is 0.253 e. The van der Waals surface area contributed by atoms with Crippen molar-refractivity contribution in [3.05, 3.63) is 52.7 Å². The number of nitrogens with two attached hydrogens (primary N) is 1. The van der Waals surface area contributed by atoms with Crippen LogP contribution in [-0.4, -0.2) is 15.5 Å². The van der Waals surface area contributed by atoms with Gasteiger partial charge in [0.15, 0.2) is 0 Å². The largest absolute Gasteiger partial charge is 0.399 e. The molecule has 1 aromatic carbocycles. The van der Waals surface area contributed by atoms with E-state index in [1.54, 1.807) is 12.1 Å². The maximum absolute atomic E-state index is 11.9. The van der Waals surface area contributed by atoms with E-state index in [1.807, 2.05) is 13.0 Å². The molecule has 0 unspecified atom stereocenters. The van der Waals surface area contributed by atoms with Crippen molar-refractivity contribution in [2.24, 2.45) is 0 Å². The number of nitrogen functional groups attached to an aromatic ring is 1. The van der Waals surface area contributed by atoms with Crippen LogP contribution in [0.3, 0.4) is 0 Å². The zero-order valence-corrected chi connectivity index (χ0v) is 11.9. The molecule has 2 aromatic rings. The zero-order valence-electron chi connectivity index (χ0n) is 11.9. The van der Waals surface area contributed by atoms with Gasteiger partial charge < -0.3 is 11.1 Å². The molecule has 1 aromatic heterocycles. The highest BCUT2D eigenvalue weighted by Crippen LogP contribution is 2.17. The number of nitrogens with zero attached hydrogens (tertiary/aromatic N) is 2. The van der Waals surface area contributed by atoms with Crippen LogP contribution in [0.1, 0.15) is 18.4 Å². The van der Waals surface area contributed by atoms with Gasteiger partial charge in [-0.25, -0.2) is 4.98 Å². The summed E-state index contributed by atoms with van der Waals surface area (Å²) in [5, 5.41) is 2.84. The topological polar surface area (TPSA) is 90.0 Å². The molecule has 110 valence electrons. The summed E-state index contributed by atoms with van der Waals surface area (Å²) in [6.07, 6.45) is 3.84. The van der Waals surface area contributed by atoms with Gasteiger partial charge in [-0.3, -0.25) is 14.2 Å². The minimum absolute atomic E-state index is 0.0835. The molecule has 2 rings (SSSR count). The van der Waals surface area contributed by atoms with Gasteiger partial charge in [0.25, 0.3) is 5.56 Å². The third-order valence-corrected chi connectivity index (χ3v) is 3.12. The van der Waals surface area contributed by atoms with Gasteiger partial charge in [0.05, 0.1) is 6.33 Å². The highest BCUT2D eigenvalue weighted by atomic mass is 16.1. The zero-order chi connectivity index (χ0) is 15.2. The summed E-state index contributed by atoms with van der Waals surface area (Å²) in [7, 11) is 0. The van der Waals surface area contributed by atoms with Crippen molar-refractivity contribution in [2.75, 3.05) is 11.1 Å². The van der Waals surface area contributed by atoms with Gasteiger partial charge in [0.2, 0.25) is 5.91 Å². The van der Waals surface area contributed by atoms with Crippen LogP contribution in [-0.2, 0) is 11.3 Å². The highest BCUT2D eigenvalue weighted by Gasteiger charge is 2.05. The lowest BCUT2D eigenvalue weighted by Gasteiger charge is -2.09. The molecule has 0 saturated carbocycles. The molecule has 0 aliphatic rings. The molecule has 21 heavy (non-hydrogen) atoms. The lowest BCUT2D eigenvalue weighted by atomic mass is 10.1. The Bertz CT molecular complexity index is 694. The molecule has 1 amide bonds. The maximum atomic E-state index is 11.9. The minimum Gasteiger partial charge on any atom is -0.399 e. The number of hydrogen-bond acceptors (Lipinski definition) is 4. The molecular weight excluding hydrogens is 268 g/mol. The van der Waals surface area contributed by atoms with E-state index in [4.69, 9.17) is 5.73 Å². The third kappa shape index (κ3) is 4.17. The number of carbonyl (C=O) groups is 1. The van der Waals surface area contributed by atoms with Crippen molar-refractivity contribution >= 4 is 17.3 Å². The average molecular weight is 286 g/mol. The smallest absolute Gasteiger partial charge is 0.253 e. The van der Waals surface area contributed by atoms with E-state index in [-0.39, 0.29) is 11.5 Å². The van der Waals surface area contributed by atoms with Gasteiger partial charge in [-0.2, -0.15) is 0 Å². The number of aryl methyl sites for hydroxylation is 2. The molecule has 0 atom stereocenters. The second kappa shape index (κ2) is 6.69. The number of anilines is 2. The first-order valence-electron chi connectivity index (χ1n) is 6.72. The number of carbonyl (C=O) groups excluding carboxylic acids is 1. The summed E-state index contributed by atoms with van der Waals surface area (Å²) >= 11 is 0. The lowest BCUT2D eigenvalue weighted by molar-refractivity contribution is -0.116. The average Bonchev–Trinajstić information content (AvgIpc) is 2.44. The number of nitrogens with one attached hydrogen (secondary N) is 1. The second-order valence-corrected chi connectivity index (χ2v) is 4.84. The van der Waals surface area contributed by atoms with Crippen LogP contribution in [0.4, 0.5) is 11.4 Å². The third-order valence-electron chi connectivity index (χ3n) is 3.12. The Morgan fingerprint density at radius 2 is 2.19 bits per heavy atom. The first kappa shape index (κ1) is 14.8. The quantitative estimate of drug-likeness (QED) is 0.816. The SMILES string of the molecule is Cc1cc(N)ccc1NC(=O)CCCn1cnccc1=O. The van der Waals surface area contributed by atoms with Gasteiger partial charge in [-0.15, -0.1) is 0 Å². The molecule has 6 heteroatoms. The Balaban J connectivity index is 1.85. The van der Waals surface area contributed by atoms with Crippen LogP contribution in [0.2, 0.25) is 0 Å². The summed E-state index contributed by atoms with van der Waals surface area (Å²) in [5.74, 6) is -0.0835. The summed E-state index contributed by atoms with van der Waals surface area (Å²) < 4.78 is 1.49. The lowest BCUT2D eigenvalue weighted by Crippen LogP contribution is -2.20. The van der Waals surface area contributed by atoms with Gasteiger partial charge in [0, 0.05) is 36.6 Å². The summed E-state index contributed by atoms with van der Waals surface area (Å²) in [5.41, 5.74) is 7.90. The molecule has 1 heterocycles. The monoisotopic (exact) mass is 286 g/mol. The van der Waals surface area contributed by atoms with Crippen molar-refractivity contribution in [1.29, 1.82) is 0 Å². The van der Waals surface area contributed by atoms with Crippen LogP contribution in [0, 0.1) is 6.92 Å². The van der Waals surface area contributed by atoms with Gasteiger partial charge in [-0.1, -0.05) is 0 Å². The Labute approximate surface area is 122 Å². The van der Waals surface area contributed by atoms with Crippen LogP contribution < -0.4 is 16.6 Å². The van der Waals surface area contributed by atoms with Gasteiger partial charge in [0.1, 0.15) is 0 Å². The fourth-order valence-electron chi connectivity index (χ4n) is 2.00. The molecule has 0 bridgehead atoms. The summed E-state index contributed by atoms with van der Waals surface area (Å²) in [6.45, 7) is 2.36. The van der Waals surface area contributed by atoms with E-state index >= 15 is 0 Å². The second-order valence-electron chi connectivity index (χ2n) is 4.84. The molecule has 0 aliphatic heterocycles. The fourth-order valence-corrected chi connectivity index (χ4v) is 2.00. The molecule has 0 spiro atoms. The summed E-state index contributed by atoms with van der Waals surface area (Å²) in [4.78, 5) is 27.2. The molecule has 0 radical (unpaired) electrons. The Morgan fingerprint density at radius 1 is 1.38 bits per heavy atom. The van der Waals surface area contributed by atoms with E-state index in [9.17, 15) is 9.59 Å². The van der Waals surface area contributed by atoms with Crippen molar-refractivity contribution in [3.63, 3.8) is 0 Å². The number of amides is 1. The Hall–Kier alpha value is -2.63. The van der Waals surface area contributed by atoms with E-state index < -0.39 is 0 Å². The molecule has 6 nitrogen and oxygen atoms in total. The van der Waals surface area contributed by atoms with Crippen LogP contribution in [0.25, 0.3) is 0 Å². The minimum atomic E-state index is -0.111.